The molecule has 0 atom stereocenters. The zero-order valence-corrected chi connectivity index (χ0v) is 8.71. The van der Waals surface area contributed by atoms with Gasteiger partial charge in [0.1, 0.15) is 11.5 Å². The van der Waals surface area contributed by atoms with Crippen LogP contribution in [0.25, 0.3) is 0 Å². The standard InChI is InChI=1S/C10H7FN2OS/c1-6-9(13-15-12-6)10(14)7-3-2-4-8(11)5-7/h2-5H,1H3. The van der Waals surface area contributed by atoms with Crippen molar-refractivity contribution in [1.29, 1.82) is 0 Å². The minimum Gasteiger partial charge on any atom is -0.287 e. The van der Waals surface area contributed by atoms with Crippen molar-refractivity contribution >= 4 is 17.5 Å². The summed E-state index contributed by atoms with van der Waals surface area (Å²) in [5, 5.41) is 0. The SMILES string of the molecule is Cc1nsnc1C(=O)c1cccc(F)c1. The average Bonchev–Trinajstić information content (AvgIpc) is 2.63. The minimum absolute atomic E-state index is 0.291. The highest BCUT2D eigenvalue weighted by atomic mass is 32.1. The summed E-state index contributed by atoms with van der Waals surface area (Å²) in [4.78, 5) is 11.8. The fourth-order valence-corrected chi connectivity index (χ4v) is 1.75. The molecular weight excluding hydrogens is 215 g/mol. The van der Waals surface area contributed by atoms with E-state index in [1.54, 1.807) is 13.0 Å². The zero-order chi connectivity index (χ0) is 10.8. The predicted octanol–water partition coefficient (Wildman–Crippen LogP) is 2.22. The summed E-state index contributed by atoms with van der Waals surface area (Å²) in [6.45, 7) is 1.70. The summed E-state index contributed by atoms with van der Waals surface area (Å²) in [7, 11) is 0. The lowest BCUT2D eigenvalue weighted by atomic mass is 10.1. The van der Waals surface area contributed by atoms with Gasteiger partial charge in [0.15, 0.2) is 0 Å². The van der Waals surface area contributed by atoms with Crippen molar-refractivity contribution in [1.82, 2.24) is 8.75 Å². The normalized spacial score (nSPS) is 10.3. The summed E-state index contributed by atoms with van der Waals surface area (Å²) in [6.07, 6.45) is 0. The number of aryl methyl sites for hydroxylation is 1. The molecule has 3 nitrogen and oxygen atoms in total. The van der Waals surface area contributed by atoms with E-state index < -0.39 is 5.82 Å². The van der Waals surface area contributed by atoms with Crippen molar-refractivity contribution < 1.29 is 9.18 Å². The van der Waals surface area contributed by atoms with Crippen LogP contribution < -0.4 is 0 Å². The average molecular weight is 222 g/mol. The number of hydrogen-bond acceptors (Lipinski definition) is 4. The third kappa shape index (κ3) is 1.92. The van der Waals surface area contributed by atoms with Crippen LogP contribution in [0.5, 0.6) is 0 Å². The van der Waals surface area contributed by atoms with Crippen LogP contribution in [-0.2, 0) is 0 Å². The number of rotatable bonds is 2. The maximum absolute atomic E-state index is 12.9. The van der Waals surface area contributed by atoms with E-state index in [2.05, 4.69) is 8.75 Å². The van der Waals surface area contributed by atoms with E-state index in [0.717, 1.165) is 11.7 Å². The molecule has 0 amide bonds. The molecule has 0 fully saturated rings. The Labute approximate surface area is 89.9 Å². The largest absolute Gasteiger partial charge is 0.287 e. The van der Waals surface area contributed by atoms with Crippen molar-refractivity contribution in [2.45, 2.75) is 6.92 Å². The number of carbonyl (C=O) groups is 1. The van der Waals surface area contributed by atoms with Crippen LogP contribution >= 0.6 is 11.7 Å². The van der Waals surface area contributed by atoms with E-state index in [1.807, 2.05) is 0 Å². The van der Waals surface area contributed by atoms with Gasteiger partial charge in [-0.1, -0.05) is 12.1 Å². The molecule has 0 aliphatic rings. The molecule has 0 aliphatic heterocycles. The van der Waals surface area contributed by atoms with E-state index in [1.165, 1.54) is 18.2 Å². The van der Waals surface area contributed by atoms with Crippen LogP contribution in [-0.4, -0.2) is 14.5 Å². The maximum Gasteiger partial charge on any atom is 0.214 e. The number of benzene rings is 1. The summed E-state index contributed by atoms with van der Waals surface area (Å²) in [5.41, 5.74) is 1.17. The van der Waals surface area contributed by atoms with Crippen LogP contribution in [0.3, 0.4) is 0 Å². The van der Waals surface area contributed by atoms with Crippen LogP contribution in [0, 0.1) is 12.7 Å². The van der Waals surface area contributed by atoms with Gasteiger partial charge in [0.05, 0.1) is 17.4 Å². The molecule has 15 heavy (non-hydrogen) atoms. The molecule has 0 unspecified atom stereocenters. The Morgan fingerprint density at radius 2 is 2.20 bits per heavy atom. The molecular formula is C10H7FN2OS. The molecule has 2 rings (SSSR count). The van der Waals surface area contributed by atoms with Gasteiger partial charge in [0, 0.05) is 5.56 Å². The number of halogens is 1. The van der Waals surface area contributed by atoms with E-state index in [-0.39, 0.29) is 5.78 Å². The van der Waals surface area contributed by atoms with Gasteiger partial charge in [-0.3, -0.25) is 4.79 Å². The monoisotopic (exact) mass is 222 g/mol. The molecule has 0 N–H and O–H groups in total. The molecule has 2 aromatic rings. The highest BCUT2D eigenvalue weighted by molar-refractivity contribution is 6.99. The van der Waals surface area contributed by atoms with Crippen molar-refractivity contribution in [2.75, 3.05) is 0 Å². The fraction of sp³-hybridized carbons (Fsp3) is 0.100. The van der Waals surface area contributed by atoms with Gasteiger partial charge in [-0.25, -0.2) is 4.39 Å². The summed E-state index contributed by atoms with van der Waals surface area (Å²) in [5.74, 6) is -0.720. The second-order valence-electron chi connectivity index (χ2n) is 3.04. The van der Waals surface area contributed by atoms with Crippen molar-refractivity contribution in [3.05, 3.63) is 47.0 Å². The highest BCUT2D eigenvalue weighted by Crippen LogP contribution is 2.12. The summed E-state index contributed by atoms with van der Waals surface area (Å²) < 4.78 is 20.7. The number of carbonyl (C=O) groups excluding carboxylic acids is 1. The van der Waals surface area contributed by atoms with Crippen molar-refractivity contribution in [3.63, 3.8) is 0 Å². The van der Waals surface area contributed by atoms with Gasteiger partial charge in [-0.15, -0.1) is 0 Å². The Bertz CT molecular complexity index is 510. The first kappa shape index (κ1) is 9.92. The maximum atomic E-state index is 12.9. The highest BCUT2D eigenvalue weighted by Gasteiger charge is 2.15. The summed E-state index contributed by atoms with van der Waals surface area (Å²) >= 11 is 0.979. The van der Waals surface area contributed by atoms with Gasteiger partial charge >= 0.3 is 0 Å². The second-order valence-corrected chi connectivity index (χ2v) is 3.57. The quantitative estimate of drug-likeness (QED) is 0.732. The van der Waals surface area contributed by atoms with E-state index in [9.17, 15) is 9.18 Å². The van der Waals surface area contributed by atoms with Crippen LogP contribution in [0.1, 0.15) is 21.7 Å². The Hall–Kier alpha value is -1.62. The zero-order valence-electron chi connectivity index (χ0n) is 7.90. The topological polar surface area (TPSA) is 42.9 Å². The molecule has 1 aromatic heterocycles. The predicted molar refractivity (Wildman–Crippen MR) is 54.5 cm³/mol. The molecule has 0 spiro atoms. The smallest absolute Gasteiger partial charge is 0.214 e. The van der Waals surface area contributed by atoms with Crippen LogP contribution in [0.2, 0.25) is 0 Å². The Morgan fingerprint density at radius 1 is 1.40 bits per heavy atom. The molecule has 76 valence electrons. The molecule has 1 aromatic carbocycles. The molecule has 5 heteroatoms. The molecule has 0 saturated carbocycles. The first-order chi connectivity index (χ1) is 7.18. The van der Waals surface area contributed by atoms with Gasteiger partial charge in [0.2, 0.25) is 5.78 Å². The van der Waals surface area contributed by atoms with Gasteiger partial charge in [-0.05, 0) is 19.1 Å². The van der Waals surface area contributed by atoms with E-state index in [4.69, 9.17) is 0 Å². The molecule has 1 heterocycles. The van der Waals surface area contributed by atoms with Gasteiger partial charge in [-0.2, -0.15) is 8.75 Å². The third-order valence-corrected chi connectivity index (χ3v) is 2.57. The minimum atomic E-state index is -0.429. The van der Waals surface area contributed by atoms with Crippen molar-refractivity contribution in [2.24, 2.45) is 0 Å². The first-order valence-electron chi connectivity index (χ1n) is 4.28. The number of ketones is 1. The molecule has 0 radical (unpaired) electrons. The molecule has 0 aliphatic carbocycles. The van der Waals surface area contributed by atoms with Gasteiger partial charge < -0.3 is 0 Å². The lowest BCUT2D eigenvalue weighted by Gasteiger charge is -1.97. The van der Waals surface area contributed by atoms with E-state index in [0.29, 0.717) is 17.0 Å². The third-order valence-electron chi connectivity index (χ3n) is 1.95. The number of nitrogens with zero attached hydrogens (tertiary/aromatic N) is 2. The molecule has 0 saturated heterocycles. The van der Waals surface area contributed by atoms with Crippen LogP contribution in [0.15, 0.2) is 24.3 Å². The van der Waals surface area contributed by atoms with Gasteiger partial charge in [0.25, 0.3) is 0 Å². The van der Waals surface area contributed by atoms with Crippen molar-refractivity contribution in [3.8, 4) is 0 Å². The second kappa shape index (κ2) is 3.86. The fourth-order valence-electron chi connectivity index (χ4n) is 1.20. The Kier molecular flexibility index (Phi) is 2.55. The lowest BCUT2D eigenvalue weighted by Crippen LogP contribution is -2.03. The number of hydrogen-bond donors (Lipinski definition) is 0. The van der Waals surface area contributed by atoms with Crippen LogP contribution in [0.4, 0.5) is 4.39 Å². The first-order valence-corrected chi connectivity index (χ1v) is 5.01. The Balaban J connectivity index is 2.41. The lowest BCUT2D eigenvalue weighted by molar-refractivity contribution is 0.103. The molecule has 0 bridgehead atoms. The number of aromatic nitrogens is 2. The Morgan fingerprint density at radius 3 is 2.80 bits per heavy atom. The van der Waals surface area contributed by atoms with E-state index >= 15 is 0 Å². The summed E-state index contributed by atoms with van der Waals surface area (Å²) in [6, 6.07) is 5.55.